The molecule has 6 heteroatoms. The van der Waals surface area contributed by atoms with Crippen molar-refractivity contribution < 1.29 is 19.4 Å². The second kappa shape index (κ2) is 11.1. The molecule has 0 saturated carbocycles. The highest BCUT2D eigenvalue weighted by molar-refractivity contribution is 5.86. The van der Waals surface area contributed by atoms with Crippen LogP contribution >= 0.6 is 0 Å². The van der Waals surface area contributed by atoms with E-state index in [1.807, 2.05) is 74.5 Å². The fraction of sp³-hybridized carbons (Fsp3) is 0.364. The van der Waals surface area contributed by atoms with E-state index in [1.165, 1.54) is 0 Å². The zero-order valence-corrected chi connectivity index (χ0v) is 16.3. The molecule has 2 rings (SSSR count). The number of hydrogen-bond acceptors (Lipinski definition) is 4. The molecule has 0 aliphatic rings. The Morgan fingerprint density at radius 1 is 0.929 bits per heavy atom. The predicted octanol–water partition coefficient (Wildman–Crippen LogP) is 2.66. The largest absolute Gasteiger partial charge is 0.445 e. The third-order valence-electron chi connectivity index (χ3n) is 4.33. The molecule has 2 amide bonds. The van der Waals surface area contributed by atoms with Gasteiger partial charge in [-0.25, -0.2) is 4.79 Å². The molecular weight excluding hydrogens is 356 g/mol. The van der Waals surface area contributed by atoms with E-state index in [4.69, 9.17) is 4.74 Å². The van der Waals surface area contributed by atoms with Crippen LogP contribution in [0.5, 0.6) is 0 Å². The summed E-state index contributed by atoms with van der Waals surface area (Å²) < 4.78 is 5.21. The number of benzene rings is 2. The van der Waals surface area contributed by atoms with Gasteiger partial charge in [-0.1, -0.05) is 74.5 Å². The molecule has 2 aromatic rings. The third kappa shape index (κ3) is 7.04. The molecule has 0 aliphatic heterocycles. The van der Waals surface area contributed by atoms with E-state index >= 15 is 0 Å². The van der Waals surface area contributed by atoms with E-state index in [1.54, 1.807) is 0 Å². The summed E-state index contributed by atoms with van der Waals surface area (Å²) >= 11 is 0. The molecule has 6 nitrogen and oxygen atoms in total. The molecule has 2 aromatic carbocycles. The van der Waals surface area contributed by atoms with E-state index in [0.29, 0.717) is 6.42 Å². The van der Waals surface area contributed by atoms with E-state index in [0.717, 1.165) is 11.1 Å². The van der Waals surface area contributed by atoms with Gasteiger partial charge in [0.25, 0.3) is 0 Å². The van der Waals surface area contributed by atoms with Crippen molar-refractivity contribution in [2.45, 2.75) is 39.0 Å². The number of ether oxygens (including phenoxy) is 1. The maximum atomic E-state index is 12.7. The third-order valence-corrected chi connectivity index (χ3v) is 4.33. The lowest BCUT2D eigenvalue weighted by molar-refractivity contribution is -0.125. The number of aliphatic hydroxyl groups excluding tert-OH is 1. The highest BCUT2D eigenvalue weighted by Crippen LogP contribution is 2.07. The Morgan fingerprint density at radius 3 is 2.04 bits per heavy atom. The number of hydrogen-bond donors (Lipinski definition) is 3. The van der Waals surface area contributed by atoms with Gasteiger partial charge in [-0.3, -0.25) is 4.79 Å². The number of aliphatic hydroxyl groups is 1. The van der Waals surface area contributed by atoms with Crippen molar-refractivity contribution in [3.63, 3.8) is 0 Å². The summed E-state index contributed by atoms with van der Waals surface area (Å²) in [5.41, 5.74) is 1.88. The highest BCUT2D eigenvalue weighted by atomic mass is 16.5. The average molecular weight is 384 g/mol. The summed E-state index contributed by atoms with van der Waals surface area (Å²) in [6.07, 6.45) is -0.145. The molecule has 0 heterocycles. The van der Waals surface area contributed by atoms with Crippen molar-refractivity contribution in [1.82, 2.24) is 10.6 Å². The zero-order chi connectivity index (χ0) is 20.4. The molecule has 150 valence electrons. The summed E-state index contributed by atoms with van der Waals surface area (Å²) in [5.74, 6) is -0.484. The van der Waals surface area contributed by atoms with Crippen molar-refractivity contribution in [1.29, 1.82) is 0 Å². The van der Waals surface area contributed by atoms with Crippen molar-refractivity contribution in [2.24, 2.45) is 5.92 Å². The van der Waals surface area contributed by atoms with Crippen LogP contribution in [0.25, 0.3) is 0 Å². The number of carbonyl (C=O) groups is 2. The number of carbonyl (C=O) groups excluding carboxylic acids is 2. The van der Waals surface area contributed by atoms with Gasteiger partial charge in [0.1, 0.15) is 12.6 Å². The summed E-state index contributed by atoms with van der Waals surface area (Å²) in [4.78, 5) is 24.8. The van der Waals surface area contributed by atoms with Gasteiger partial charge in [0, 0.05) is 0 Å². The Bertz CT molecular complexity index is 735. The van der Waals surface area contributed by atoms with Crippen LogP contribution in [-0.2, 0) is 22.6 Å². The van der Waals surface area contributed by atoms with Crippen LogP contribution in [0.3, 0.4) is 0 Å². The second-order valence-corrected chi connectivity index (χ2v) is 7.01. The minimum Gasteiger partial charge on any atom is -0.445 e. The Labute approximate surface area is 165 Å². The van der Waals surface area contributed by atoms with Gasteiger partial charge in [-0.05, 0) is 23.5 Å². The SMILES string of the molecule is CC(C)[C@H](NC(=O)OCc1ccccc1)C(=O)N[C@@H](CO)Cc1ccccc1. The molecule has 0 unspecified atom stereocenters. The maximum Gasteiger partial charge on any atom is 0.408 e. The Morgan fingerprint density at radius 2 is 1.50 bits per heavy atom. The Kier molecular flexibility index (Phi) is 8.49. The van der Waals surface area contributed by atoms with Crippen molar-refractivity contribution in [3.8, 4) is 0 Å². The first-order valence-electron chi connectivity index (χ1n) is 9.42. The predicted molar refractivity (Wildman–Crippen MR) is 108 cm³/mol. The molecule has 2 atom stereocenters. The Hall–Kier alpha value is -2.86. The van der Waals surface area contributed by atoms with Crippen molar-refractivity contribution in [3.05, 3.63) is 71.8 Å². The van der Waals surface area contributed by atoms with Gasteiger partial charge in [0.15, 0.2) is 0 Å². The Balaban J connectivity index is 1.90. The van der Waals surface area contributed by atoms with Gasteiger partial charge in [-0.2, -0.15) is 0 Å². The molecule has 0 aromatic heterocycles. The quantitative estimate of drug-likeness (QED) is 0.620. The van der Waals surface area contributed by atoms with Crippen molar-refractivity contribution in [2.75, 3.05) is 6.61 Å². The van der Waals surface area contributed by atoms with Gasteiger partial charge in [0.05, 0.1) is 12.6 Å². The lowest BCUT2D eigenvalue weighted by Gasteiger charge is -2.24. The summed E-state index contributed by atoms with van der Waals surface area (Å²) in [7, 11) is 0. The lowest BCUT2D eigenvalue weighted by atomic mass is 10.0. The minimum atomic E-state index is -0.756. The molecule has 0 radical (unpaired) electrons. The van der Waals surface area contributed by atoms with Crippen LogP contribution in [0.1, 0.15) is 25.0 Å². The van der Waals surface area contributed by atoms with Crippen LogP contribution in [0.4, 0.5) is 4.79 Å². The highest BCUT2D eigenvalue weighted by Gasteiger charge is 2.26. The van der Waals surface area contributed by atoms with Gasteiger partial charge in [-0.15, -0.1) is 0 Å². The second-order valence-electron chi connectivity index (χ2n) is 7.01. The van der Waals surface area contributed by atoms with Crippen LogP contribution in [-0.4, -0.2) is 35.8 Å². The summed E-state index contributed by atoms with van der Waals surface area (Å²) in [5, 5.41) is 15.1. The fourth-order valence-electron chi connectivity index (χ4n) is 2.78. The molecule has 0 saturated heterocycles. The van der Waals surface area contributed by atoms with Crippen LogP contribution in [0.15, 0.2) is 60.7 Å². The molecule has 0 aliphatic carbocycles. The molecule has 0 fully saturated rings. The number of nitrogens with one attached hydrogen (secondary N) is 2. The molecular formula is C22H28N2O4. The van der Waals surface area contributed by atoms with Gasteiger partial charge >= 0.3 is 6.09 Å². The zero-order valence-electron chi connectivity index (χ0n) is 16.3. The van der Waals surface area contributed by atoms with E-state index in [9.17, 15) is 14.7 Å². The van der Waals surface area contributed by atoms with E-state index in [-0.39, 0.29) is 25.0 Å². The summed E-state index contributed by atoms with van der Waals surface area (Å²) in [6, 6.07) is 17.7. The average Bonchev–Trinajstić information content (AvgIpc) is 2.71. The fourth-order valence-corrected chi connectivity index (χ4v) is 2.78. The topological polar surface area (TPSA) is 87.7 Å². The van der Waals surface area contributed by atoms with Crippen LogP contribution in [0, 0.1) is 5.92 Å². The first kappa shape index (κ1) is 21.4. The standard InChI is InChI=1S/C22H28N2O4/c1-16(2)20(24-22(27)28-15-18-11-7-4-8-12-18)21(26)23-19(14-25)13-17-9-5-3-6-10-17/h3-12,16,19-20,25H,13-15H2,1-2H3,(H,23,26)(H,24,27)/t19-,20+/m1/s1. The van der Waals surface area contributed by atoms with Gasteiger partial charge < -0.3 is 20.5 Å². The van der Waals surface area contributed by atoms with E-state index in [2.05, 4.69) is 10.6 Å². The molecule has 3 N–H and O–H groups in total. The molecule has 0 spiro atoms. The van der Waals surface area contributed by atoms with Gasteiger partial charge in [0.2, 0.25) is 5.91 Å². The van der Waals surface area contributed by atoms with Crippen LogP contribution in [0.2, 0.25) is 0 Å². The first-order chi connectivity index (χ1) is 13.5. The number of amides is 2. The number of alkyl carbamates (subject to hydrolysis) is 1. The smallest absolute Gasteiger partial charge is 0.408 e. The maximum absolute atomic E-state index is 12.7. The number of rotatable bonds is 9. The van der Waals surface area contributed by atoms with E-state index < -0.39 is 18.2 Å². The molecule has 28 heavy (non-hydrogen) atoms. The minimum absolute atomic E-state index is 0.131. The summed E-state index contributed by atoms with van der Waals surface area (Å²) in [6.45, 7) is 3.62. The lowest BCUT2D eigenvalue weighted by Crippen LogP contribution is -2.53. The monoisotopic (exact) mass is 384 g/mol. The van der Waals surface area contributed by atoms with Crippen LogP contribution < -0.4 is 10.6 Å². The normalized spacial score (nSPS) is 12.9. The first-order valence-corrected chi connectivity index (χ1v) is 9.42. The molecule has 0 bridgehead atoms. The van der Waals surface area contributed by atoms with Crippen molar-refractivity contribution >= 4 is 12.0 Å².